The summed E-state index contributed by atoms with van der Waals surface area (Å²) < 4.78 is 0. The van der Waals surface area contributed by atoms with Crippen LogP contribution in [0.25, 0.3) is 0 Å². The molecule has 0 amide bonds. The van der Waals surface area contributed by atoms with E-state index in [1.807, 2.05) is 13.0 Å². The molecule has 1 aromatic carbocycles. The first-order valence-corrected chi connectivity index (χ1v) is 6.89. The molecule has 4 heteroatoms. The summed E-state index contributed by atoms with van der Waals surface area (Å²) in [7, 11) is 0. The van der Waals surface area contributed by atoms with E-state index in [1.54, 1.807) is 12.1 Å². The summed E-state index contributed by atoms with van der Waals surface area (Å²) in [5.41, 5.74) is 2.21. The van der Waals surface area contributed by atoms with Gasteiger partial charge in [-0.25, -0.2) is 0 Å². The number of nitro benzene ring substituents is 1. The fourth-order valence-electron chi connectivity index (χ4n) is 2.97. The van der Waals surface area contributed by atoms with E-state index in [2.05, 4.69) is 19.2 Å². The quantitative estimate of drug-likeness (QED) is 0.653. The van der Waals surface area contributed by atoms with Gasteiger partial charge in [-0.05, 0) is 43.2 Å². The summed E-state index contributed by atoms with van der Waals surface area (Å²) in [5, 5.41) is 14.5. The fourth-order valence-corrected chi connectivity index (χ4v) is 2.97. The summed E-state index contributed by atoms with van der Waals surface area (Å²) in [5.74, 6) is 0. The fraction of sp³-hybridized carbons (Fsp3) is 0.600. The van der Waals surface area contributed by atoms with Crippen molar-refractivity contribution in [3.8, 4) is 0 Å². The van der Waals surface area contributed by atoms with Crippen LogP contribution in [0.4, 0.5) is 11.4 Å². The standard InChI is InChI=1S/C15H22N2O2/c1-11-6-7-14(17(18)19)13(9-11)16-12-5-4-8-15(2,3)10-12/h6-7,9,12,16H,4-5,8,10H2,1-3H3. The number of nitrogens with zero attached hydrogens (tertiary/aromatic N) is 1. The van der Waals surface area contributed by atoms with Crippen molar-refractivity contribution in [3.05, 3.63) is 33.9 Å². The molecule has 0 heterocycles. The van der Waals surface area contributed by atoms with Gasteiger partial charge in [0.05, 0.1) is 4.92 Å². The third-order valence-electron chi connectivity index (χ3n) is 3.91. The van der Waals surface area contributed by atoms with E-state index in [9.17, 15) is 10.1 Å². The molecule has 1 aliphatic carbocycles. The Kier molecular flexibility index (Phi) is 3.78. The monoisotopic (exact) mass is 262 g/mol. The van der Waals surface area contributed by atoms with Gasteiger partial charge in [-0.3, -0.25) is 10.1 Å². The predicted octanol–water partition coefficient (Wildman–Crippen LogP) is 4.28. The van der Waals surface area contributed by atoms with Gasteiger partial charge < -0.3 is 5.32 Å². The highest BCUT2D eigenvalue weighted by Crippen LogP contribution is 2.37. The number of rotatable bonds is 3. The first-order valence-electron chi connectivity index (χ1n) is 6.89. The Labute approximate surface area is 114 Å². The summed E-state index contributed by atoms with van der Waals surface area (Å²) in [6.07, 6.45) is 4.58. The first-order chi connectivity index (χ1) is 8.87. The lowest BCUT2D eigenvalue weighted by atomic mass is 9.75. The predicted molar refractivity (Wildman–Crippen MR) is 77.5 cm³/mol. The minimum Gasteiger partial charge on any atom is -0.377 e. The molecule has 0 aromatic heterocycles. The van der Waals surface area contributed by atoms with E-state index >= 15 is 0 Å². The molecule has 1 N–H and O–H groups in total. The summed E-state index contributed by atoms with van der Waals surface area (Å²) in [4.78, 5) is 10.8. The summed E-state index contributed by atoms with van der Waals surface area (Å²) >= 11 is 0. The maximum absolute atomic E-state index is 11.1. The highest BCUT2D eigenvalue weighted by atomic mass is 16.6. The number of hydrogen-bond donors (Lipinski definition) is 1. The molecule has 2 rings (SSSR count). The Morgan fingerprint density at radius 3 is 2.79 bits per heavy atom. The van der Waals surface area contributed by atoms with E-state index in [4.69, 9.17) is 0 Å². The van der Waals surface area contributed by atoms with Crippen molar-refractivity contribution in [2.45, 2.75) is 52.5 Å². The van der Waals surface area contributed by atoms with Crippen molar-refractivity contribution in [1.29, 1.82) is 0 Å². The normalized spacial score (nSPS) is 21.9. The molecular weight excluding hydrogens is 240 g/mol. The molecule has 1 saturated carbocycles. The van der Waals surface area contributed by atoms with E-state index in [1.165, 1.54) is 12.8 Å². The van der Waals surface area contributed by atoms with Gasteiger partial charge in [-0.1, -0.05) is 26.3 Å². The second kappa shape index (κ2) is 5.19. The number of hydrogen-bond acceptors (Lipinski definition) is 3. The SMILES string of the molecule is Cc1ccc([N+](=O)[O-])c(NC2CCCC(C)(C)C2)c1. The van der Waals surface area contributed by atoms with Crippen molar-refractivity contribution < 1.29 is 4.92 Å². The minimum atomic E-state index is -0.310. The highest BCUT2D eigenvalue weighted by molar-refractivity contribution is 5.63. The Hall–Kier alpha value is -1.58. The van der Waals surface area contributed by atoms with E-state index in [-0.39, 0.29) is 10.6 Å². The molecule has 1 unspecified atom stereocenters. The lowest BCUT2D eigenvalue weighted by molar-refractivity contribution is -0.384. The third-order valence-corrected chi connectivity index (χ3v) is 3.91. The van der Waals surface area contributed by atoms with Crippen LogP contribution in [0.1, 0.15) is 45.1 Å². The Balaban J connectivity index is 2.18. The molecule has 1 aliphatic rings. The molecule has 0 aliphatic heterocycles. The van der Waals surface area contributed by atoms with E-state index < -0.39 is 0 Å². The Morgan fingerprint density at radius 1 is 1.42 bits per heavy atom. The highest BCUT2D eigenvalue weighted by Gasteiger charge is 2.29. The molecule has 1 aromatic rings. The molecule has 19 heavy (non-hydrogen) atoms. The molecule has 1 fully saturated rings. The van der Waals surface area contributed by atoms with Crippen LogP contribution in [0.2, 0.25) is 0 Å². The second-order valence-electron chi connectivity index (χ2n) is 6.38. The maximum atomic E-state index is 11.1. The van der Waals surface area contributed by atoms with Crippen molar-refractivity contribution in [2.75, 3.05) is 5.32 Å². The zero-order valence-electron chi connectivity index (χ0n) is 11.9. The lowest BCUT2D eigenvalue weighted by Gasteiger charge is -2.36. The minimum absolute atomic E-state index is 0.175. The van der Waals surface area contributed by atoms with Gasteiger partial charge in [-0.2, -0.15) is 0 Å². The van der Waals surface area contributed by atoms with Crippen LogP contribution in [0.3, 0.4) is 0 Å². The summed E-state index contributed by atoms with van der Waals surface area (Å²) in [6.45, 7) is 6.50. The van der Waals surface area contributed by atoms with Gasteiger partial charge in [0.2, 0.25) is 0 Å². The van der Waals surface area contributed by atoms with Crippen molar-refractivity contribution in [1.82, 2.24) is 0 Å². The number of anilines is 1. The van der Waals surface area contributed by atoms with Crippen LogP contribution in [-0.2, 0) is 0 Å². The van der Waals surface area contributed by atoms with E-state index in [0.717, 1.165) is 18.4 Å². The molecule has 0 saturated heterocycles. The second-order valence-corrected chi connectivity index (χ2v) is 6.38. The van der Waals surface area contributed by atoms with Gasteiger partial charge >= 0.3 is 0 Å². The van der Waals surface area contributed by atoms with E-state index in [0.29, 0.717) is 17.1 Å². The molecule has 1 atom stereocenters. The number of nitrogens with one attached hydrogen (secondary N) is 1. The Bertz CT molecular complexity index is 483. The number of aryl methyl sites for hydroxylation is 1. The van der Waals surface area contributed by atoms with Gasteiger partial charge in [0.15, 0.2) is 0 Å². The Morgan fingerprint density at radius 2 is 2.16 bits per heavy atom. The zero-order valence-corrected chi connectivity index (χ0v) is 11.9. The summed E-state index contributed by atoms with van der Waals surface area (Å²) in [6, 6.07) is 5.59. The van der Waals surface area contributed by atoms with Gasteiger partial charge in [0, 0.05) is 12.1 Å². The van der Waals surface area contributed by atoms with Crippen LogP contribution >= 0.6 is 0 Å². The van der Waals surface area contributed by atoms with Crippen LogP contribution < -0.4 is 5.32 Å². The maximum Gasteiger partial charge on any atom is 0.292 e. The molecule has 4 nitrogen and oxygen atoms in total. The molecule has 0 bridgehead atoms. The van der Waals surface area contributed by atoms with Crippen molar-refractivity contribution in [2.24, 2.45) is 5.41 Å². The van der Waals surface area contributed by atoms with Gasteiger partial charge in [0.1, 0.15) is 5.69 Å². The molecule has 0 radical (unpaired) electrons. The number of nitro groups is 1. The van der Waals surface area contributed by atoms with Crippen LogP contribution in [-0.4, -0.2) is 11.0 Å². The largest absolute Gasteiger partial charge is 0.377 e. The first kappa shape index (κ1) is 13.8. The average Bonchev–Trinajstić information content (AvgIpc) is 2.27. The average molecular weight is 262 g/mol. The molecule has 104 valence electrons. The third kappa shape index (κ3) is 3.46. The van der Waals surface area contributed by atoms with Crippen LogP contribution in [0.5, 0.6) is 0 Å². The zero-order chi connectivity index (χ0) is 14.0. The van der Waals surface area contributed by atoms with Crippen molar-refractivity contribution >= 4 is 11.4 Å². The van der Waals surface area contributed by atoms with Crippen LogP contribution in [0, 0.1) is 22.5 Å². The van der Waals surface area contributed by atoms with Gasteiger partial charge in [-0.15, -0.1) is 0 Å². The number of benzene rings is 1. The lowest BCUT2D eigenvalue weighted by Crippen LogP contribution is -2.31. The molecule has 0 spiro atoms. The van der Waals surface area contributed by atoms with Gasteiger partial charge in [0.25, 0.3) is 5.69 Å². The smallest absolute Gasteiger partial charge is 0.292 e. The topological polar surface area (TPSA) is 55.2 Å². The van der Waals surface area contributed by atoms with Crippen molar-refractivity contribution in [3.63, 3.8) is 0 Å². The van der Waals surface area contributed by atoms with Crippen LogP contribution in [0.15, 0.2) is 18.2 Å². The molecular formula is C15H22N2O2.